The van der Waals surface area contributed by atoms with Crippen molar-refractivity contribution in [3.05, 3.63) is 112 Å². The Hall–Kier alpha value is -3.76. The number of pyridine rings is 1. The summed E-state index contributed by atoms with van der Waals surface area (Å²) in [6, 6.07) is 10.9. The molecule has 0 radical (unpaired) electrons. The quantitative estimate of drug-likeness (QED) is 0.196. The minimum absolute atomic E-state index is 0.0864. The first-order valence-electron chi connectivity index (χ1n) is 10.4. The summed E-state index contributed by atoms with van der Waals surface area (Å²) < 4.78 is 74.9. The first-order valence-corrected chi connectivity index (χ1v) is 10.4. The SMILES string of the molecule is COCc1ccc(CCc2cc(F)c(C#Cc3ccc4c(F)c(F)c(F)cc4c3)c(F)c2)nc1. The van der Waals surface area contributed by atoms with Gasteiger partial charge in [-0.05, 0) is 65.8 Å². The van der Waals surface area contributed by atoms with E-state index in [1.54, 1.807) is 13.3 Å². The molecule has 1 heterocycles. The van der Waals surface area contributed by atoms with Gasteiger partial charge in [-0.3, -0.25) is 4.98 Å². The third-order valence-electron chi connectivity index (χ3n) is 5.27. The van der Waals surface area contributed by atoms with Crippen LogP contribution in [0.1, 0.15) is 27.9 Å². The molecule has 34 heavy (non-hydrogen) atoms. The van der Waals surface area contributed by atoms with Crippen molar-refractivity contribution in [3.63, 3.8) is 0 Å². The van der Waals surface area contributed by atoms with Crippen LogP contribution in [-0.2, 0) is 24.2 Å². The van der Waals surface area contributed by atoms with Gasteiger partial charge >= 0.3 is 0 Å². The van der Waals surface area contributed by atoms with Crippen LogP contribution in [0.4, 0.5) is 22.0 Å². The molecule has 4 aromatic rings. The van der Waals surface area contributed by atoms with E-state index in [0.29, 0.717) is 25.0 Å². The minimum Gasteiger partial charge on any atom is -0.380 e. The van der Waals surface area contributed by atoms with Gasteiger partial charge in [0, 0.05) is 30.0 Å². The highest BCUT2D eigenvalue weighted by Crippen LogP contribution is 2.24. The Morgan fingerprint density at radius 1 is 0.765 bits per heavy atom. The number of hydrogen-bond acceptors (Lipinski definition) is 2. The van der Waals surface area contributed by atoms with Crippen LogP contribution in [0.25, 0.3) is 10.8 Å². The largest absolute Gasteiger partial charge is 0.380 e. The van der Waals surface area contributed by atoms with E-state index in [1.165, 1.54) is 30.3 Å². The summed E-state index contributed by atoms with van der Waals surface area (Å²) >= 11 is 0. The molecule has 0 amide bonds. The van der Waals surface area contributed by atoms with Crippen LogP contribution < -0.4 is 0 Å². The zero-order valence-corrected chi connectivity index (χ0v) is 18.1. The minimum atomic E-state index is -1.56. The van der Waals surface area contributed by atoms with Gasteiger partial charge in [0.25, 0.3) is 0 Å². The second kappa shape index (κ2) is 10.0. The topological polar surface area (TPSA) is 22.1 Å². The summed E-state index contributed by atoms with van der Waals surface area (Å²) in [7, 11) is 1.59. The molecule has 1 aromatic heterocycles. The smallest absolute Gasteiger partial charge is 0.195 e. The lowest BCUT2D eigenvalue weighted by Crippen LogP contribution is -1.99. The van der Waals surface area contributed by atoms with Crippen molar-refractivity contribution in [3.8, 4) is 11.8 Å². The van der Waals surface area contributed by atoms with Gasteiger partial charge in [0.15, 0.2) is 17.5 Å². The maximum atomic E-state index is 14.6. The molecule has 0 aliphatic carbocycles. The van der Waals surface area contributed by atoms with Gasteiger partial charge in [-0.25, -0.2) is 22.0 Å². The van der Waals surface area contributed by atoms with E-state index in [2.05, 4.69) is 16.8 Å². The number of halogens is 5. The molecule has 0 fully saturated rings. The van der Waals surface area contributed by atoms with Gasteiger partial charge in [-0.1, -0.05) is 24.0 Å². The molecule has 4 rings (SSSR count). The molecule has 2 nitrogen and oxygen atoms in total. The average molecular weight is 467 g/mol. The Labute approximate surface area is 193 Å². The summed E-state index contributed by atoms with van der Waals surface area (Å²) in [6.07, 6.45) is 2.59. The Morgan fingerprint density at radius 2 is 1.53 bits per heavy atom. The van der Waals surface area contributed by atoms with Crippen molar-refractivity contribution in [2.75, 3.05) is 7.11 Å². The second-order valence-corrected chi connectivity index (χ2v) is 7.70. The lowest BCUT2D eigenvalue weighted by atomic mass is 10.0. The van der Waals surface area contributed by atoms with Crippen LogP contribution in [0.3, 0.4) is 0 Å². The lowest BCUT2D eigenvalue weighted by molar-refractivity contribution is 0.184. The van der Waals surface area contributed by atoms with Crippen LogP contribution in [0.5, 0.6) is 0 Å². The van der Waals surface area contributed by atoms with Crippen molar-refractivity contribution in [1.82, 2.24) is 4.98 Å². The van der Waals surface area contributed by atoms with E-state index in [4.69, 9.17) is 4.74 Å². The molecule has 7 heteroatoms. The molecule has 0 aliphatic heterocycles. The first-order chi connectivity index (χ1) is 16.4. The second-order valence-electron chi connectivity index (χ2n) is 7.70. The molecule has 0 spiro atoms. The number of fused-ring (bicyclic) bond motifs is 1. The Balaban J connectivity index is 1.52. The number of nitrogens with zero attached hydrogens (tertiary/aromatic N) is 1. The van der Waals surface area contributed by atoms with E-state index in [0.717, 1.165) is 17.3 Å². The van der Waals surface area contributed by atoms with Crippen molar-refractivity contribution in [2.24, 2.45) is 0 Å². The van der Waals surface area contributed by atoms with Gasteiger partial charge in [0.05, 0.1) is 12.2 Å². The number of rotatable bonds is 5. The van der Waals surface area contributed by atoms with E-state index in [-0.39, 0.29) is 16.3 Å². The highest BCUT2D eigenvalue weighted by atomic mass is 19.2. The van der Waals surface area contributed by atoms with Gasteiger partial charge in [-0.2, -0.15) is 0 Å². The third-order valence-corrected chi connectivity index (χ3v) is 5.27. The van der Waals surface area contributed by atoms with Gasteiger partial charge in [-0.15, -0.1) is 0 Å². The number of benzene rings is 3. The van der Waals surface area contributed by atoms with Crippen LogP contribution in [0.15, 0.2) is 54.7 Å². The predicted molar refractivity (Wildman–Crippen MR) is 119 cm³/mol. The zero-order chi connectivity index (χ0) is 24.2. The normalized spacial score (nSPS) is 10.9. The predicted octanol–water partition coefficient (Wildman–Crippen LogP) is 6.26. The molecule has 0 N–H and O–H groups in total. The molecule has 0 unspecified atom stereocenters. The first kappa shape index (κ1) is 23.4. The number of aryl methyl sites for hydroxylation is 2. The van der Waals surface area contributed by atoms with Crippen molar-refractivity contribution in [2.45, 2.75) is 19.4 Å². The summed E-state index contributed by atoms with van der Waals surface area (Å²) in [5.41, 5.74) is 2.03. The number of ether oxygens (including phenoxy) is 1. The van der Waals surface area contributed by atoms with Crippen molar-refractivity contribution < 1.29 is 26.7 Å². The zero-order valence-electron chi connectivity index (χ0n) is 18.1. The standard InChI is InChI=1S/C27H18F5NO/c1-34-15-18-3-7-20(33-14-18)6-2-17-11-23(28)22(24(29)12-17)9-5-16-4-8-21-19(10-16)13-25(30)27(32)26(21)31/h3-4,7-8,10-14H,2,6,15H2,1H3. The number of hydrogen-bond donors (Lipinski definition) is 0. The van der Waals surface area contributed by atoms with Crippen molar-refractivity contribution in [1.29, 1.82) is 0 Å². The molecular weight excluding hydrogens is 449 g/mol. The summed E-state index contributed by atoms with van der Waals surface area (Å²) in [5.74, 6) is -0.792. The molecule has 172 valence electrons. The highest BCUT2D eigenvalue weighted by Gasteiger charge is 2.14. The number of aromatic nitrogens is 1. The molecule has 3 aromatic carbocycles. The van der Waals surface area contributed by atoms with Crippen LogP contribution >= 0.6 is 0 Å². The fourth-order valence-corrected chi connectivity index (χ4v) is 3.53. The maximum absolute atomic E-state index is 14.6. The lowest BCUT2D eigenvalue weighted by Gasteiger charge is -2.06. The molecule has 0 aliphatic rings. The molecular formula is C27H18F5NO. The summed E-state index contributed by atoms with van der Waals surface area (Å²) in [5, 5.41) is -0.0302. The summed E-state index contributed by atoms with van der Waals surface area (Å²) in [6.45, 7) is 0.456. The Morgan fingerprint density at radius 3 is 2.21 bits per heavy atom. The molecule has 0 saturated carbocycles. The van der Waals surface area contributed by atoms with Crippen LogP contribution in [0, 0.1) is 40.9 Å². The number of methoxy groups -OCH3 is 1. The van der Waals surface area contributed by atoms with Gasteiger partial charge in [0.1, 0.15) is 11.6 Å². The maximum Gasteiger partial charge on any atom is 0.195 e. The van der Waals surface area contributed by atoms with E-state index < -0.39 is 34.6 Å². The van der Waals surface area contributed by atoms with E-state index in [9.17, 15) is 22.0 Å². The fourth-order valence-electron chi connectivity index (χ4n) is 3.53. The van der Waals surface area contributed by atoms with Crippen LogP contribution in [-0.4, -0.2) is 12.1 Å². The van der Waals surface area contributed by atoms with Crippen LogP contribution in [0.2, 0.25) is 0 Å². The Bertz CT molecular complexity index is 1400. The van der Waals surface area contributed by atoms with Gasteiger partial charge < -0.3 is 4.74 Å². The molecule has 0 atom stereocenters. The monoisotopic (exact) mass is 467 g/mol. The Kier molecular flexibility index (Phi) is 6.90. The van der Waals surface area contributed by atoms with Gasteiger partial charge in [0.2, 0.25) is 0 Å². The average Bonchev–Trinajstić information content (AvgIpc) is 2.82. The molecule has 0 bridgehead atoms. The van der Waals surface area contributed by atoms with E-state index in [1.807, 2.05) is 12.1 Å². The summed E-state index contributed by atoms with van der Waals surface area (Å²) in [4.78, 5) is 4.32. The van der Waals surface area contributed by atoms with E-state index >= 15 is 0 Å². The molecule has 0 saturated heterocycles. The fraction of sp³-hybridized carbons (Fsp3) is 0.148. The third kappa shape index (κ3) is 5.08. The highest BCUT2D eigenvalue weighted by molar-refractivity contribution is 5.84. The van der Waals surface area contributed by atoms with Crippen molar-refractivity contribution >= 4 is 10.8 Å².